The lowest BCUT2D eigenvalue weighted by molar-refractivity contribution is -0.132. The lowest BCUT2D eigenvalue weighted by Gasteiger charge is -2.39. The molecular weight excluding hydrogens is 260 g/mol. The molecule has 0 aliphatic heterocycles. The van der Waals surface area contributed by atoms with E-state index in [2.05, 4.69) is 30.0 Å². The highest BCUT2D eigenvalue weighted by Crippen LogP contribution is 2.40. The number of Topliss-reactive ketones (excluding diaryl/α,β-unsaturated/α-hetero) is 1. The zero-order chi connectivity index (χ0) is 14.9. The van der Waals surface area contributed by atoms with Crippen molar-refractivity contribution in [1.82, 2.24) is 9.88 Å². The van der Waals surface area contributed by atoms with Crippen LogP contribution in [0.4, 0.5) is 0 Å². The molecule has 0 N–H and O–H groups in total. The number of hydrogen-bond donors (Lipinski definition) is 0. The molecule has 114 valence electrons. The van der Waals surface area contributed by atoms with Gasteiger partial charge in [0.2, 0.25) is 0 Å². The minimum atomic E-state index is -0.264. The summed E-state index contributed by atoms with van der Waals surface area (Å²) in [5.41, 5.74) is 2.06. The smallest absolute Gasteiger partial charge is 0.162 e. The van der Waals surface area contributed by atoms with Gasteiger partial charge in [-0.2, -0.15) is 0 Å². The van der Waals surface area contributed by atoms with Crippen LogP contribution in [0.3, 0.4) is 0 Å². The van der Waals surface area contributed by atoms with Crippen LogP contribution in [0.1, 0.15) is 62.1 Å². The third-order valence-corrected chi connectivity index (χ3v) is 5.52. The van der Waals surface area contributed by atoms with Crippen molar-refractivity contribution >= 4 is 5.78 Å². The molecule has 2 aliphatic rings. The molecule has 0 spiro atoms. The average molecular weight is 286 g/mol. The van der Waals surface area contributed by atoms with E-state index in [1.165, 1.54) is 31.2 Å². The number of nitrogens with zero attached hydrogens (tertiary/aromatic N) is 2. The maximum atomic E-state index is 13.4. The summed E-state index contributed by atoms with van der Waals surface area (Å²) in [6, 6.07) is 4.12. The number of carbonyl (C=O) groups is 1. The number of aryl methyl sites for hydroxylation is 1. The van der Waals surface area contributed by atoms with Crippen molar-refractivity contribution in [3.63, 3.8) is 0 Å². The highest BCUT2D eigenvalue weighted by atomic mass is 16.1. The first-order chi connectivity index (χ1) is 10.1. The number of hydrogen-bond acceptors (Lipinski definition) is 3. The van der Waals surface area contributed by atoms with Crippen LogP contribution in [0.2, 0.25) is 0 Å². The van der Waals surface area contributed by atoms with Crippen molar-refractivity contribution in [3.8, 4) is 0 Å². The number of ketones is 1. The lowest BCUT2D eigenvalue weighted by atomic mass is 9.78. The molecule has 0 bridgehead atoms. The third-order valence-electron chi connectivity index (χ3n) is 5.52. The van der Waals surface area contributed by atoms with Crippen molar-refractivity contribution in [2.45, 2.75) is 62.8 Å². The van der Waals surface area contributed by atoms with E-state index in [9.17, 15) is 4.79 Å². The van der Waals surface area contributed by atoms with Crippen LogP contribution in [0.25, 0.3) is 0 Å². The van der Waals surface area contributed by atoms with Gasteiger partial charge in [-0.3, -0.25) is 14.7 Å². The quantitative estimate of drug-likeness (QED) is 0.799. The van der Waals surface area contributed by atoms with E-state index in [-0.39, 0.29) is 11.5 Å². The van der Waals surface area contributed by atoms with E-state index < -0.39 is 0 Å². The third kappa shape index (κ3) is 2.52. The molecule has 21 heavy (non-hydrogen) atoms. The van der Waals surface area contributed by atoms with Crippen LogP contribution < -0.4 is 0 Å². The molecule has 3 nitrogen and oxygen atoms in total. The first kappa shape index (κ1) is 14.7. The summed E-state index contributed by atoms with van der Waals surface area (Å²) in [5, 5.41) is 0. The number of likely N-dealkylation sites (N-methyl/N-ethyl adjacent to an activating group) is 1. The van der Waals surface area contributed by atoms with Crippen LogP contribution in [0, 0.1) is 0 Å². The van der Waals surface area contributed by atoms with Gasteiger partial charge < -0.3 is 0 Å². The largest absolute Gasteiger partial charge is 0.297 e. The Morgan fingerprint density at radius 2 is 1.95 bits per heavy atom. The maximum absolute atomic E-state index is 13.4. The fraction of sp³-hybridized carbons (Fsp3) is 0.667. The Balaban J connectivity index is 1.92. The Kier molecular flexibility index (Phi) is 4.12. The monoisotopic (exact) mass is 286 g/mol. The zero-order valence-corrected chi connectivity index (χ0v) is 13.3. The van der Waals surface area contributed by atoms with Gasteiger partial charge in [0.15, 0.2) is 5.78 Å². The number of aromatic nitrogens is 1. The van der Waals surface area contributed by atoms with Gasteiger partial charge in [0.05, 0.1) is 17.2 Å². The van der Waals surface area contributed by atoms with Crippen LogP contribution in [0.15, 0.2) is 18.3 Å². The predicted molar refractivity (Wildman–Crippen MR) is 84.4 cm³/mol. The molecule has 0 aromatic carbocycles. The highest BCUT2D eigenvalue weighted by Gasteiger charge is 2.45. The minimum absolute atomic E-state index is 0.0155. The van der Waals surface area contributed by atoms with Crippen molar-refractivity contribution in [3.05, 3.63) is 29.6 Å². The van der Waals surface area contributed by atoms with Gasteiger partial charge in [0.1, 0.15) is 0 Å². The van der Waals surface area contributed by atoms with E-state index in [1.54, 1.807) is 0 Å². The molecule has 2 aliphatic carbocycles. The number of carbonyl (C=O) groups excluding carboxylic acids is 1. The molecule has 1 aromatic rings. The van der Waals surface area contributed by atoms with E-state index >= 15 is 0 Å². The molecule has 1 heterocycles. The molecule has 1 aromatic heterocycles. The highest BCUT2D eigenvalue weighted by molar-refractivity contribution is 5.94. The fourth-order valence-electron chi connectivity index (χ4n) is 4.22. The van der Waals surface area contributed by atoms with Crippen molar-refractivity contribution in [2.75, 3.05) is 14.1 Å². The van der Waals surface area contributed by atoms with E-state index in [0.29, 0.717) is 5.78 Å². The first-order valence-corrected chi connectivity index (χ1v) is 8.31. The molecule has 1 fully saturated rings. The normalized spacial score (nSPS) is 24.6. The minimum Gasteiger partial charge on any atom is -0.297 e. The number of fused-ring (bicyclic) bond motifs is 1. The van der Waals surface area contributed by atoms with Gasteiger partial charge in [-0.25, -0.2) is 0 Å². The van der Waals surface area contributed by atoms with Gasteiger partial charge in [-0.15, -0.1) is 0 Å². The van der Waals surface area contributed by atoms with Crippen LogP contribution >= 0.6 is 0 Å². The SMILES string of the molecule is CN(C)C1(C(=O)C2CCc3cccnc32)CCCCCC1. The Morgan fingerprint density at radius 3 is 2.62 bits per heavy atom. The summed E-state index contributed by atoms with van der Waals surface area (Å²) in [6.45, 7) is 0. The predicted octanol–water partition coefficient (Wildman–Crippen LogP) is 3.34. The second-order valence-corrected chi connectivity index (χ2v) is 6.84. The van der Waals surface area contributed by atoms with Gasteiger partial charge >= 0.3 is 0 Å². The molecular formula is C18H26N2O. The Labute approximate surface area is 127 Å². The summed E-state index contributed by atoms with van der Waals surface area (Å²) in [5.74, 6) is 0.438. The second kappa shape index (κ2) is 5.88. The molecule has 1 saturated carbocycles. The number of rotatable bonds is 3. The Bertz CT molecular complexity index is 516. The maximum Gasteiger partial charge on any atom is 0.162 e. The standard InChI is InChI=1S/C18H26N2O/c1-20(2)18(11-5-3-4-6-12-18)17(21)15-10-9-14-8-7-13-19-16(14)15/h7-8,13,15H,3-6,9-12H2,1-2H3. The second-order valence-electron chi connectivity index (χ2n) is 6.84. The molecule has 1 unspecified atom stereocenters. The lowest BCUT2D eigenvalue weighted by Crippen LogP contribution is -2.52. The van der Waals surface area contributed by atoms with Gasteiger partial charge in [0, 0.05) is 6.20 Å². The first-order valence-electron chi connectivity index (χ1n) is 8.31. The van der Waals surface area contributed by atoms with Crippen molar-refractivity contribution in [1.29, 1.82) is 0 Å². The number of pyridine rings is 1. The Morgan fingerprint density at radius 1 is 1.24 bits per heavy atom. The van der Waals surface area contributed by atoms with Crippen LogP contribution in [-0.4, -0.2) is 35.3 Å². The van der Waals surface area contributed by atoms with Gasteiger partial charge in [-0.1, -0.05) is 31.7 Å². The van der Waals surface area contributed by atoms with Crippen LogP contribution in [-0.2, 0) is 11.2 Å². The molecule has 0 saturated heterocycles. The molecule has 3 heteroatoms. The summed E-state index contributed by atoms with van der Waals surface area (Å²) >= 11 is 0. The zero-order valence-electron chi connectivity index (χ0n) is 13.3. The van der Waals surface area contributed by atoms with E-state index in [0.717, 1.165) is 31.4 Å². The van der Waals surface area contributed by atoms with Crippen molar-refractivity contribution < 1.29 is 4.79 Å². The molecule has 3 rings (SSSR count). The summed E-state index contributed by atoms with van der Waals surface area (Å²) in [6.07, 6.45) is 10.7. The van der Waals surface area contributed by atoms with Gasteiger partial charge in [0.25, 0.3) is 0 Å². The molecule has 1 atom stereocenters. The molecule has 0 radical (unpaired) electrons. The summed E-state index contributed by atoms with van der Waals surface area (Å²) in [7, 11) is 4.16. The van der Waals surface area contributed by atoms with E-state index in [4.69, 9.17) is 0 Å². The average Bonchev–Trinajstić information content (AvgIpc) is 2.75. The Hall–Kier alpha value is -1.22. The van der Waals surface area contributed by atoms with Crippen molar-refractivity contribution in [2.24, 2.45) is 0 Å². The van der Waals surface area contributed by atoms with Crippen LogP contribution in [0.5, 0.6) is 0 Å². The summed E-state index contributed by atoms with van der Waals surface area (Å²) < 4.78 is 0. The topological polar surface area (TPSA) is 33.2 Å². The van der Waals surface area contributed by atoms with Gasteiger partial charge in [-0.05, 0) is 51.4 Å². The van der Waals surface area contributed by atoms with E-state index in [1.807, 2.05) is 12.3 Å². The molecule has 0 amide bonds. The summed E-state index contributed by atoms with van der Waals surface area (Å²) in [4.78, 5) is 20.1. The fourth-order valence-corrected chi connectivity index (χ4v) is 4.22.